The smallest absolute Gasteiger partial charge is 1.00 e. The number of halogens is 2. The fraction of sp³-hybridized carbons (Fsp3) is 0.391. The molecule has 0 nitrogen and oxygen atoms in total. The van der Waals surface area contributed by atoms with Crippen LogP contribution in [0, 0.1) is 28.2 Å². The van der Waals surface area contributed by atoms with Crippen molar-refractivity contribution in [3.05, 3.63) is 136 Å². The third kappa shape index (κ3) is 6.34. The molecule has 0 aromatic heterocycles. The molecule has 253 valence electrons. The summed E-state index contributed by atoms with van der Waals surface area (Å²) in [6, 6.07) is 27.1. The van der Waals surface area contributed by atoms with Gasteiger partial charge >= 0.3 is 26.2 Å². The van der Waals surface area contributed by atoms with Crippen LogP contribution in [-0.4, -0.2) is 0 Å². The number of benzene rings is 3. The summed E-state index contributed by atoms with van der Waals surface area (Å²) in [5, 5.41) is 0. The van der Waals surface area contributed by atoms with Gasteiger partial charge in [0.2, 0.25) is 0 Å². The van der Waals surface area contributed by atoms with E-state index in [-0.39, 0.29) is 72.7 Å². The summed E-state index contributed by atoms with van der Waals surface area (Å²) in [6.45, 7) is 19.5. The first-order chi connectivity index (χ1) is 21.9. The maximum Gasteiger partial charge on any atom is 3.00 e. The maximum atomic E-state index is 4.19. The quantitative estimate of drug-likeness (QED) is 0.256. The van der Waals surface area contributed by atoms with Crippen LogP contribution in [0.15, 0.2) is 108 Å². The molecule has 0 spiro atoms. The maximum absolute atomic E-state index is 4.19. The van der Waals surface area contributed by atoms with Crippen LogP contribution >= 0.6 is 0 Å². The van der Waals surface area contributed by atoms with Crippen molar-refractivity contribution in [1.29, 1.82) is 0 Å². The Morgan fingerprint density at radius 1 is 0.735 bits per heavy atom. The molecular formula is C46H51Cl2Zr. The molecule has 3 aromatic carbocycles. The minimum Gasteiger partial charge on any atom is -1.00 e. The van der Waals surface area contributed by atoms with E-state index in [2.05, 4.69) is 159 Å². The predicted octanol–water partition coefficient (Wildman–Crippen LogP) is 6.84. The van der Waals surface area contributed by atoms with Gasteiger partial charge in [-0.25, -0.2) is 0 Å². The molecule has 3 heteroatoms. The van der Waals surface area contributed by atoms with E-state index in [1.807, 2.05) is 0 Å². The molecule has 1 saturated carbocycles. The SMILES string of the molecule is CC1=CC=C(C2CCCCC2)C1(C)C1(C(C)(C)C)C=C2C(=Cc3cc(-c4ccccc4)c(C(C)(C)C)cc32)[C-]=C1c1ccccc1.[Cl-].[Cl-].[Zr+3]. The van der Waals surface area contributed by atoms with Crippen molar-refractivity contribution in [2.45, 2.75) is 92.9 Å². The normalized spacial score (nSPS) is 23.3. The Hall–Kier alpha value is -2.18. The van der Waals surface area contributed by atoms with Gasteiger partial charge in [-0.2, -0.15) is 0 Å². The number of fused-ring (bicyclic) bond motifs is 3. The third-order valence-electron chi connectivity index (χ3n) is 11.9. The van der Waals surface area contributed by atoms with E-state index in [0.717, 1.165) is 0 Å². The molecule has 0 amide bonds. The zero-order chi connectivity index (χ0) is 32.5. The van der Waals surface area contributed by atoms with Gasteiger partial charge in [0.05, 0.1) is 0 Å². The second-order valence-electron chi connectivity index (χ2n) is 16.6. The third-order valence-corrected chi connectivity index (χ3v) is 11.9. The summed E-state index contributed by atoms with van der Waals surface area (Å²) in [4.78, 5) is 0. The van der Waals surface area contributed by atoms with E-state index in [1.54, 1.807) is 5.57 Å². The van der Waals surface area contributed by atoms with Gasteiger partial charge in [-0.15, -0.1) is 29.4 Å². The van der Waals surface area contributed by atoms with Crippen LogP contribution in [0.3, 0.4) is 0 Å². The summed E-state index contributed by atoms with van der Waals surface area (Å²) in [5.74, 6) is 0.635. The molecule has 2 atom stereocenters. The minimum atomic E-state index is -0.310. The van der Waals surface area contributed by atoms with E-state index in [4.69, 9.17) is 0 Å². The number of rotatable bonds is 4. The van der Waals surface area contributed by atoms with Gasteiger partial charge in [0.15, 0.2) is 0 Å². The van der Waals surface area contributed by atoms with E-state index >= 15 is 0 Å². The Morgan fingerprint density at radius 3 is 1.90 bits per heavy atom. The molecule has 7 rings (SSSR count). The van der Waals surface area contributed by atoms with Crippen LogP contribution < -0.4 is 24.8 Å². The first-order valence-corrected chi connectivity index (χ1v) is 17.6. The van der Waals surface area contributed by atoms with Crippen LogP contribution in [-0.2, 0) is 31.6 Å². The zero-order valence-electron chi connectivity index (χ0n) is 30.6. The molecule has 0 bridgehead atoms. The molecule has 4 aliphatic carbocycles. The molecular weight excluding hydrogens is 715 g/mol. The summed E-state index contributed by atoms with van der Waals surface area (Å²) in [5.41, 5.74) is 14.5. The van der Waals surface area contributed by atoms with E-state index in [0.29, 0.717) is 5.92 Å². The van der Waals surface area contributed by atoms with Gasteiger partial charge in [0.25, 0.3) is 0 Å². The summed E-state index contributed by atoms with van der Waals surface area (Å²) in [7, 11) is 0. The largest absolute Gasteiger partial charge is 3.00 e. The van der Waals surface area contributed by atoms with Crippen LogP contribution in [0.2, 0.25) is 0 Å². The molecule has 1 radical (unpaired) electrons. The molecule has 1 fully saturated rings. The Bertz CT molecular complexity index is 1840. The van der Waals surface area contributed by atoms with Crippen LogP contribution in [0.4, 0.5) is 0 Å². The number of hydrogen-bond donors (Lipinski definition) is 0. The van der Waals surface area contributed by atoms with Gasteiger partial charge in [-0.3, -0.25) is 0 Å². The first-order valence-electron chi connectivity index (χ1n) is 17.6. The van der Waals surface area contributed by atoms with Crippen molar-refractivity contribution in [3.63, 3.8) is 0 Å². The average molecular weight is 766 g/mol. The van der Waals surface area contributed by atoms with E-state index in [1.165, 1.54) is 87.8 Å². The standard InChI is InChI=1S/C46H51.2ClH.Zr/c1-31-24-25-40(33-20-14-10-15-21-33)45(31,8)46(44(5,6)7)30-39-36(28-41(46)34-22-16-11-17-23-34)26-35-27-38(32-18-12-9-13-19-32)42(29-37(35)39)43(2,3)4;;;/h9,11-13,16-19,22-27,29-30,33H,10,14-15,20-21H2,1-8H3;2*1H;/q-1;;;+3/p-2. The van der Waals surface area contributed by atoms with Crippen molar-refractivity contribution in [2.75, 3.05) is 0 Å². The average Bonchev–Trinajstić information content (AvgIpc) is 3.55. The van der Waals surface area contributed by atoms with Gasteiger partial charge in [0, 0.05) is 10.8 Å². The Morgan fingerprint density at radius 2 is 1.33 bits per heavy atom. The molecule has 0 N–H and O–H groups in total. The molecule has 0 heterocycles. The van der Waals surface area contributed by atoms with Gasteiger partial charge in [-0.1, -0.05) is 186 Å². The minimum absolute atomic E-state index is 0. The monoisotopic (exact) mass is 763 g/mol. The second kappa shape index (κ2) is 14.4. The Labute approximate surface area is 328 Å². The molecule has 49 heavy (non-hydrogen) atoms. The first kappa shape index (κ1) is 39.6. The fourth-order valence-corrected chi connectivity index (χ4v) is 9.52. The fourth-order valence-electron chi connectivity index (χ4n) is 9.52. The Kier molecular flexibility index (Phi) is 11.7. The summed E-state index contributed by atoms with van der Waals surface area (Å²) < 4.78 is 0. The molecule has 0 aliphatic heterocycles. The zero-order valence-corrected chi connectivity index (χ0v) is 34.6. The molecule has 3 aromatic rings. The number of hydrogen-bond acceptors (Lipinski definition) is 0. The predicted molar refractivity (Wildman–Crippen MR) is 198 cm³/mol. The van der Waals surface area contributed by atoms with Crippen molar-refractivity contribution in [3.8, 4) is 11.1 Å². The Balaban J connectivity index is 0.00000180. The van der Waals surface area contributed by atoms with Crippen LogP contribution in [0.5, 0.6) is 0 Å². The van der Waals surface area contributed by atoms with Crippen LogP contribution in [0.1, 0.15) is 110 Å². The topological polar surface area (TPSA) is 0 Å². The molecule has 4 aliphatic rings. The van der Waals surface area contributed by atoms with E-state index in [9.17, 15) is 0 Å². The molecule has 2 unspecified atom stereocenters. The second-order valence-corrected chi connectivity index (χ2v) is 16.6. The van der Waals surface area contributed by atoms with Crippen molar-refractivity contribution < 1.29 is 51.0 Å². The molecule has 0 saturated heterocycles. The summed E-state index contributed by atoms with van der Waals surface area (Å²) in [6.07, 6.45) is 21.0. The van der Waals surface area contributed by atoms with Crippen LogP contribution in [0.25, 0.3) is 28.3 Å². The van der Waals surface area contributed by atoms with Gasteiger partial charge in [0.1, 0.15) is 0 Å². The van der Waals surface area contributed by atoms with Gasteiger partial charge in [-0.05, 0) is 53.2 Å². The number of allylic oxidation sites excluding steroid dienone is 9. The van der Waals surface area contributed by atoms with Crippen molar-refractivity contribution >= 4 is 17.2 Å². The van der Waals surface area contributed by atoms with Crippen molar-refractivity contribution in [1.82, 2.24) is 0 Å². The summed E-state index contributed by atoms with van der Waals surface area (Å²) >= 11 is 0. The van der Waals surface area contributed by atoms with E-state index < -0.39 is 0 Å². The van der Waals surface area contributed by atoms with Crippen molar-refractivity contribution in [2.24, 2.45) is 22.2 Å². The van der Waals surface area contributed by atoms with Gasteiger partial charge < -0.3 is 24.8 Å².